The van der Waals surface area contributed by atoms with E-state index in [4.69, 9.17) is 9.84 Å². The molecule has 152 valence electrons. The number of ether oxygens (including phenoxy) is 1. The predicted molar refractivity (Wildman–Crippen MR) is 112 cm³/mol. The molecule has 0 aliphatic heterocycles. The lowest BCUT2D eigenvalue weighted by Crippen LogP contribution is -2.48. The lowest BCUT2D eigenvalue weighted by molar-refractivity contribution is -0.274. The number of anilines is 1. The molecule has 0 saturated heterocycles. The fraction of sp³-hybridized carbons (Fsp3) is 0.0500. The van der Waals surface area contributed by atoms with Crippen molar-refractivity contribution in [2.45, 2.75) is 0 Å². The average Bonchev–Trinajstić information content (AvgIpc) is 3.24. The number of hydrogen-bond acceptors (Lipinski definition) is 8. The molecule has 9 nitrogen and oxygen atoms in total. The summed E-state index contributed by atoms with van der Waals surface area (Å²) in [5.74, 6) is -1.06. The zero-order chi connectivity index (χ0) is 21.3. The molecule has 2 aromatic carbocycles. The number of thiazole rings is 1. The number of nitrogens with zero attached hydrogens (tertiary/aromatic N) is 3. The van der Waals surface area contributed by atoms with Crippen molar-refractivity contribution < 1.29 is 25.1 Å². The molecule has 4 N–H and O–H groups in total. The van der Waals surface area contributed by atoms with Gasteiger partial charge in [-0.25, -0.2) is 4.79 Å². The lowest BCUT2D eigenvalue weighted by Gasteiger charge is -2.20. The third kappa shape index (κ3) is 3.67. The number of carboxylic acid groups (broad SMARTS) is 1. The lowest BCUT2D eigenvalue weighted by atomic mass is 10.1. The van der Waals surface area contributed by atoms with Gasteiger partial charge < -0.3 is 9.84 Å². The second-order valence-corrected chi connectivity index (χ2v) is 7.20. The maximum atomic E-state index is 11.1. The van der Waals surface area contributed by atoms with Crippen molar-refractivity contribution in [1.82, 2.24) is 14.9 Å². The van der Waals surface area contributed by atoms with E-state index in [1.165, 1.54) is 42.0 Å². The third-order valence-electron chi connectivity index (χ3n) is 4.45. The Balaban J connectivity index is 1.66. The van der Waals surface area contributed by atoms with Crippen molar-refractivity contribution in [2.24, 2.45) is 0 Å². The van der Waals surface area contributed by atoms with E-state index >= 15 is 0 Å². The van der Waals surface area contributed by atoms with Gasteiger partial charge in [-0.3, -0.25) is 4.98 Å². The molecule has 0 saturated carbocycles. The van der Waals surface area contributed by atoms with E-state index in [9.17, 15) is 15.2 Å². The van der Waals surface area contributed by atoms with Gasteiger partial charge in [-0.1, -0.05) is 18.2 Å². The van der Waals surface area contributed by atoms with Gasteiger partial charge >= 0.3 is 11.8 Å². The molecule has 0 radical (unpaired) electrons. The summed E-state index contributed by atoms with van der Waals surface area (Å²) in [6.45, 7) is 0. The smallest absolute Gasteiger partial charge is 0.335 e. The number of aromatic nitrogens is 2. The minimum Gasteiger partial charge on any atom is -0.494 e. The average molecular weight is 425 g/mol. The minimum absolute atomic E-state index is 0.00638. The number of fused-ring (bicyclic) bond motifs is 1. The normalized spacial score (nSPS) is 11.4. The second kappa shape index (κ2) is 7.69. The van der Waals surface area contributed by atoms with Gasteiger partial charge in [0.25, 0.3) is 0 Å². The number of aromatic carboxylic acids is 1. The van der Waals surface area contributed by atoms with Crippen LogP contribution in [0.15, 0.2) is 60.2 Å². The molecular weight excluding hydrogens is 408 g/mol. The van der Waals surface area contributed by atoms with Crippen LogP contribution in [-0.2, 0) is 0 Å². The summed E-state index contributed by atoms with van der Waals surface area (Å²) in [5, 5.41) is 34.2. The maximum Gasteiger partial charge on any atom is 0.335 e. The molecule has 0 amide bonds. The van der Waals surface area contributed by atoms with Crippen LogP contribution in [0.4, 0.5) is 11.5 Å². The highest BCUT2D eigenvalue weighted by atomic mass is 32.1. The summed E-state index contributed by atoms with van der Waals surface area (Å²) in [6.07, 6.45) is 3.44. The van der Waals surface area contributed by atoms with Crippen molar-refractivity contribution in [3.63, 3.8) is 0 Å². The Morgan fingerprint density at radius 1 is 1.20 bits per heavy atom. The molecule has 0 fully saturated rings. The van der Waals surface area contributed by atoms with Crippen molar-refractivity contribution in [3.05, 3.63) is 65.8 Å². The topological polar surface area (TPSA) is 125 Å². The fourth-order valence-corrected chi connectivity index (χ4v) is 3.84. The molecule has 0 aliphatic rings. The molecule has 4 rings (SSSR count). The Hall–Kier alpha value is -3.57. The molecule has 4 aromatic rings. The van der Waals surface area contributed by atoms with E-state index in [-0.39, 0.29) is 22.8 Å². The molecule has 30 heavy (non-hydrogen) atoms. The molecule has 0 atom stereocenters. The van der Waals surface area contributed by atoms with Gasteiger partial charge in [-0.05, 0) is 29.7 Å². The fourth-order valence-electron chi connectivity index (χ4n) is 2.97. The van der Waals surface area contributed by atoms with Gasteiger partial charge in [0.1, 0.15) is 21.4 Å². The highest BCUT2D eigenvalue weighted by molar-refractivity contribution is 7.13. The summed E-state index contributed by atoms with van der Waals surface area (Å²) in [7, 11) is 1.35. The molecule has 10 heteroatoms. The van der Waals surface area contributed by atoms with E-state index in [1.54, 1.807) is 12.4 Å². The van der Waals surface area contributed by atoms with Crippen LogP contribution in [0.25, 0.3) is 21.3 Å². The predicted octanol–water partition coefficient (Wildman–Crippen LogP) is 4.18. The van der Waals surface area contributed by atoms with E-state index in [0.29, 0.717) is 5.01 Å². The highest BCUT2D eigenvalue weighted by Gasteiger charge is 2.33. The van der Waals surface area contributed by atoms with Crippen LogP contribution in [0.1, 0.15) is 10.4 Å². The van der Waals surface area contributed by atoms with Crippen molar-refractivity contribution in [2.75, 3.05) is 12.5 Å². The number of carboxylic acids is 1. The summed E-state index contributed by atoms with van der Waals surface area (Å²) < 4.78 is 5.16. The van der Waals surface area contributed by atoms with Crippen LogP contribution in [-0.4, -0.2) is 38.6 Å². The van der Waals surface area contributed by atoms with Gasteiger partial charge in [0.05, 0.1) is 18.1 Å². The SMILES string of the molecule is COc1cc(C(=O)O)ccc1N[N+](O)(O)c1csc(-c2cccc3ccncc23)n1. The molecular formula is C20H17N4O5S+. The van der Waals surface area contributed by atoms with E-state index in [0.717, 1.165) is 16.3 Å². The Morgan fingerprint density at radius 3 is 2.80 bits per heavy atom. The summed E-state index contributed by atoms with van der Waals surface area (Å²) in [4.78, 5) is 17.9. The molecule has 2 aromatic heterocycles. The second-order valence-electron chi connectivity index (χ2n) is 6.35. The standard InChI is InChI=1S/C20H16N4O5S/c1-29-17-9-13(20(25)26)5-6-16(17)23-24(27,28)18-11-30-19(22-18)14-4-2-3-12-7-8-21-10-15(12)14/h2-11,23,27-28H,1H3/p+1. The zero-order valence-electron chi connectivity index (χ0n) is 15.7. The number of methoxy groups -OCH3 is 1. The molecule has 0 aliphatic carbocycles. The zero-order valence-corrected chi connectivity index (χ0v) is 16.5. The maximum absolute atomic E-state index is 11.1. The highest BCUT2D eigenvalue weighted by Crippen LogP contribution is 2.35. The Kier molecular flexibility index (Phi) is 5.06. The van der Waals surface area contributed by atoms with Crippen LogP contribution in [0.5, 0.6) is 5.75 Å². The van der Waals surface area contributed by atoms with Gasteiger partial charge in [-0.15, -0.1) is 21.8 Å². The third-order valence-corrected chi connectivity index (χ3v) is 5.31. The van der Waals surface area contributed by atoms with Crippen molar-refractivity contribution in [3.8, 4) is 16.3 Å². The quantitative estimate of drug-likeness (QED) is 0.268. The van der Waals surface area contributed by atoms with E-state index in [2.05, 4.69) is 15.4 Å². The van der Waals surface area contributed by atoms with E-state index in [1.807, 2.05) is 24.3 Å². The molecule has 0 bridgehead atoms. The number of quaternary nitrogens is 1. The largest absolute Gasteiger partial charge is 0.494 e. The van der Waals surface area contributed by atoms with Crippen molar-refractivity contribution in [1.29, 1.82) is 0 Å². The number of benzene rings is 2. The van der Waals surface area contributed by atoms with Gasteiger partial charge in [0, 0.05) is 23.3 Å². The van der Waals surface area contributed by atoms with Crippen LogP contribution in [0.3, 0.4) is 0 Å². The van der Waals surface area contributed by atoms with Crippen LogP contribution >= 0.6 is 11.3 Å². The first-order valence-corrected chi connectivity index (χ1v) is 9.60. The molecule has 2 heterocycles. The van der Waals surface area contributed by atoms with Crippen molar-refractivity contribution >= 4 is 39.6 Å². The van der Waals surface area contributed by atoms with Gasteiger partial charge in [0.15, 0.2) is 0 Å². The Bertz CT molecular complexity index is 1240. The molecule has 0 spiro atoms. The number of nitrogens with one attached hydrogen (secondary N) is 1. The van der Waals surface area contributed by atoms with Crippen LogP contribution in [0, 0.1) is 0 Å². The first-order valence-electron chi connectivity index (χ1n) is 8.72. The number of carbonyl (C=O) groups is 1. The number of rotatable bonds is 6. The number of hydrogen-bond donors (Lipinski definition) is 4. The summed E-state index contributed by atoms with van der Waals surface area (Å²) >= 11 is 1.25. The van der Waals surface area contributed by atoms with E-state index < -0.39 is 10.9 Å². The van der Waals surface area contributed by atoms with Crippen LogP contribution < -0.4 is 15.1 Å². The first kappa shape index (κ1) is 19.7. The Morgan fingerprint density at radius 2 is 2.03 bits per heavy atom. The van der Waals surface area contributed by atoms with Gasteiger partial charge in [0.2, 0.25) is 0 Å². The van der Waals surface area contributed by atoms with Crippen LogP contribution in [0.2, 0.25) is 0 Å². The summed E-state index contributed by atoms with van der Waals surface area (Å²) in [6, 6.07) is 11.6. The van der Waals surface area contributed by atoms with Gasteiger partial charge in [-0.2, -0.15) is 10.4 Å². The first-order chi connectivity index (χ1) is 14.4. The monoisotopic (exact) mass is 425 g/mol. The molecule has 0 unspecified atom stereocenters. The number of pyridine rings is 1. The summed E-state index contributed by atoms with van der Waals surface area (Å²) in [5.41, 5.74) is 3.49. The minimum atomic E-state index is -1.75. The Labute approximate surface area is 174 Å².